The molecule has 146 valence electrons. The summed E-state index contributed by atoms with van der Waals surface area (Å²) in [6.07, 6.45) is 3.43. The van der Waals surface area contributed by atoms with E-state index in [4.69, 9.17) is 16.3 Å². The van der Waals surface area contributed by atoms with Gasteiger partial charge in [0.2, 0.25) is 0 Å². The number of carbonyl (C=O) groups is 1. The number of carbonyl (C=O) groups excluding carboxylic acids is 1. The minimum absolute atomic E-state index is 0. The first-order chi connectivity index (χ1) is 12.6. The fourth-order valence-corrected chi connectivity index (χ4v) is 3.51. The summed E-state index contributed by atoms with van der Waals surface area (Å²) in [4.78, 5) is 12.8. The van der Waals surface area contributed by atoms with Crippen molar-refractivity contribution in [3.63, 3.8) is 0 Å². The number of tetrazole rings is 1. The average Bonchev–Trinajstić information content (AvgIpc) is 3.40. The van der Waals surface area contributed by atoms with Crippen molar-refractivity contribution in [3.05, 3.63) is 29.0 Å². The third-order valence-electron chi connectivity index (χ3n) is 5.08. The summed E-state index contributed by atoms with van der Waals surface area (Å²) in [6, 6.07) is 5.31. The van der Waals surface area contributed by atoms with Crippen molar-refractivity contribution in [2.45, 2.75) is 37.2 Å². The Morgan fingerprint density at radius 3 is 2.78 bits per heavy atom. The van der Waals surface area contributed by atoms with Gasteiger partial charge in [-0.2, -0.15) is 4.68 Å². The highest BCUT2D eigenvalue weighted by molar-refractivity contribution is 6.32. The third kappa shape index (κ3) is 3.94. The van der Waals surface area contributed by atoms with Crippen molar-refractivity contribution in [2.24, 2.45) is 0 Å². The van der Waals surface area contributed by atoms with Crippen LogP contribution in [0.2, 0.25) is 5.02 Å². The van der Waals surface area contributed by atoms with Crippen LogP contribution in [-0.4, -0.2) is 51.9 Å². The fourth-order valence-electron chi connectivity index (χ4n) is 3.31. The molecule has 27 heavy (non-hydrogen) atoms. The number of piperidine rings is 1. The molecule has 2 aliphatic rings. The van der Waals surface area contributed by atoms with Gasteiger partial charge < -0.3 is 15.4 Å². The fraction of sp³-hybridized carbons (Fsp3) is 0.529. The Balaban J connectivity index is 0.00000210. The first-order valence-electron chi connectivity index (χ1n) is 8.78. The molecule has 0 unspecified atom stereocenters. The summed E-state index contributed by atoms with van der Waals surface area (Å²) in [6.45, 7) is 1.50. The number of anilines is 1. The first-order valence-corrected chi connectivity index (χ1v) is 9.16. The van der Waals surface area contributed by atoms with Crippen LogP contribution >= 0.6 is 24.0 Å². The van der Waals surface area contributed by atoms with Gasteiger partial charge in [-0.1, -0.05) is 11.6 Å². The maximum absolute atomic E-state index is 12.8. The molecule has 0 atom stereocenters. The zero-order valence-electron chi connectivity index (χ0n) is 14.9. The lowest BCUT2D eigenvalue weighted by Gasteiger charge is -2.34. The lowest BCUT2D eigenvalue weighted by molar-refractivity contribution is -0.140. The number of benzene rings is 1. The predicted molar refractivity (Wildman–Crippen MR) is 104 cm³/mol. The molecule has 1 aliphatic heterocycles. The third-order valence-corrected chi connectivity index (χ3v) is 5.40. The molecule has 1 aliphatic carbocycles. The molecule has 1 saturated heterocycles. The van der Waals surface area contributed by atoms with Gasteiger partial charge >= 0.3 is 0 Å². The number of aromatic nitrogens is 4. The number of nitrogens with zero attached hydrogens (tertiary/aromatic N) is 4. The number of halogens is 2. The van der Waals surface area contributed by atoms with E-state index in [1.807, 2.05) is 0 Å². The van der Waals surface area contributed by atoms with Crippen molar-refractivity contribution in [1.82, 2.24) is 25.5 Å². The molecule has 2 heterocycles. The number of methoxy groups -OCH3 is 1. The van der Waals surface area contributed by atoms with Crippen LogP contribution in [0, 0.1) is 0 Å². The van der Waals surface area contributed by atoms with Gasteiger partial charge in [-0.05, 0) is 67.4 Å². The Kier molecular flexibility index (Phi) is 6.00. The second-order valence-corrected chi connectivity index (χ2v) is 7.20. The summed E-state index contributed by atoms with van der Waals surface area (Å²) < 4.78 is 7.24. The molecular weight excluding hydrogens is 391 g/mol. The molecule has 0 radical (unpaired) electrons. The van der Waals surface area contributed by atoms with E-state index in [2.05, 4.69) is 26.2 Å². The molecule has 4 rings (SSSR count). The molecular formula is C17H22Cl2N6O2. The Morgan fingerprint density at radius 2 is 2.11 bits per heavy atom. The van der Waals surface area contributed by atoms with Crippen molar-refractivity contribution in [3.8, 4) is 5.69 Å². The summed E-state index contributed by atoms with van der Waals surface area (Å²) >= 11 is 6.36. The van der Waals surface area contributed by atoms with Gasteiger partial charge in [0.05, 0.1) is 10.7 Å². The van der Waals surface area contributed by atoms with Gasteiger partial charge in [-0.15, -0.1) is 17.5 Å². The minimum Gasteiger partial charge on any atom is -0.368 e. The summed E-state index contributed by atoms with van der Waals surface area (Å²) in [7, 11) is 1.58. The van der Waals surface area contributed by atoms with Crippen molar-refractivity contribution in [2.75, 3.05) is 25.5 Å². The number of hydrogen-bond donors (Lipinski definition) is 2. The van der Waals surface area contributed by atoms with Crippen molar-refractivity contribution >= 4 is 35.6 Å². The highest BCUT2D eigenvalue weighted by atomic mass is 35.5. The molecule has 2 N–H and O–H groups in total. The number of nitrogens with one attached hydrogen (secondary N) is 2. The topological polar surface area (TPSA) is 94.0 Å². The molecule has 1 saturated carbocycles. The van der Waals surface area contributed by atoms with Crippen LogP contribution < -0.4 is 10.6 Å². The Bertz CT molecular complexity index is 818. The highest BCUT2D eigenvalue weighted by Gasteiger charge is 2.39. The zero-order valence-corrected chi connectivity index (χ0v) is 16.5. The number of hydrogen-bond acceptors (Lipinski definition) is 6. The SMILES string of the molecule is COC1(C(=O)Nc2ccc(Cl)c(-n3nnnc3C3CC3)c2)CCNCC1.Cl. The second-order valence-electron chi connectivity index (χ2n) is 6.79. The zero-order chi connectivity index (χ0) is 18.1. The number of ether oxygens (including phenoxy) is 1. The lowest BCUT2D eigenvalue weighted by Crippen LogP contribution is -2.51. The van der Waals surface area contributed by atoms with Crippen LogP contribution in [-0.2, 0) is 9.53 Å². The molecule has 1 aromatic carbocycles. The molecule has 10 heteroatoms. The largest absolute Gasteiger partial charge is 0.368 e. The summed E-state index contributed by atoms with van der Waals surface area (Å²) in [5, 5.41) is 18.7. The maximum atomic E-state index is 12.8. The second kappa shape index (κ2) is 8.10. The van der Waals surface area contributed by atoms with Gasteiger partial charge in [0, 0.05) is 18.7 Å². The van der Waals surface area contributed by atoms with Gasteiger partial charge in [-0.25, -0.2) is 0 Å². The lowest BCUT2D eigenvalue weighted by atomic mass is 9.91. The molecule has 1 amide bonds. The van der Waals surface area contributed by atoms with Gasteiger partial charge in [0.1, 0.15) is 5.60 Å². The van der Waals surface area contributed by atoms with Crippen LogP contribution in [0.5, 0.6) is 0 Å². The first kappa shape index (κ1) is 20.0. The molecule has 8 nitrogen and oxygen atoms in total. The Morgan fingerprint density at radius 1 is 1.37 bits per heavy atom. The van der Waals surface area contributed by atoms with E-state index in [0.717, 1.165) is 31.8 Å². The van der Waals surface area contributed by atoms with E-state index < -0.39 is 5.60 Å². The van der Waals surface area contributed by atoms with Crippen LogP contribution in [0.1, 0.15) is 37.4 Å². The quantitative estimate of drug-likeness (QED) is 0.782. The Hall–Kier alpha value is -1.74. The molecule has 0 bridgehead atoms. The van der Waals surface area contributed by atoms with E-state index >= 15 is 0 Å². The normalized spacial score (nSPS) is 18.6. The van der Waals surface area contributed by atoms with Gasteiger partial charge in [0.25, 0.3) is 5.91 Å². The molecule has 0 spiro atoms. The van der Waals surface area contributed by atoms with E-state index in [0.29, 0.717) is 35.2 Å². The maximum Gasteiger partial charge on any atom is 0.256 e. The van der Waals surface area contributed by atoms with Gasteiger partial charge in [-0.3, -0.25) is 4.79 Å². The van der Waals surface area contributed by atoms with E-state index in [-0.39, 0.29) is 18.3 Å². The molecule has 1 aromatic heterocycles. The predicted octanol–water partition coefficient (Wildman–Crippen LogP) is 2.32. The van der Waals surface area contributed by atoms with E-state index in [1.54, 1.807) is 30.0 Å². The van der Waals surface area contributed by atoms with Crippen LogP contribution in [0.3, 0.4) is 0 Å². The smallest absolute Gasteiger partial charge is 0.256 e. The average molecular weight is 413 g/mol. The Labute approximate surface area is 168 Å². The summed E-state index contributed by atoms with van der Waals surface area (Å²) in [5.41, 5.74) is 0.494. The standard InChI is InChI=1S/C17H21ClN6O2.ClH/c1-26-17(6-8-19-9-7-17)16(25)20-12-4-5-13(18)14(10-12)24-15(11-2-3-11)21-22-23-24;/h4-5,10-11,19H,2-3,6-9H2,1H3,(H,20,25);1H. The summed E-state index contributed by atoms with van der Waals surface area (Å²) in [5.74, 6) is 1.04. The molecule has 2 fully saturated rings. The van der Waals surface area contributed by atoms with Crippen LogP contribution in [0.25, 0.3) is 5.69 Å². The van der Waals surface area contributed by atoms with Gasteiger partial charge in [0.15, 0.2) is 5.82 Å². The number of amides is 1. The van der Waals surface area contributed by atoms with Crippen molar-refractivity contribution < 1.29 is 9.53 Å². The number of rotatable bonds is 5. The van der Waals surface area contributed by atoms with Crippen LogP contribution in [0.15, 0.2) is 18.2 Å². The van der Waals surface area contributed by atoms with Crippen LogP contribution in [0.4, 0.5) is 5.69 Å². The van der Waals surface area contributed by atoms with Crippen molar-refractivity contribution in [1.29, 1.82) is 0 Å². The molecule has 2 aromatic rings. The minimum atomic E-state index is -0.807. The van der Waals surface area contributed by atoms with E-state index in [9.17, 15) is 4.79 Å². The van der Waals surface area contributed by atoms with E-state index in [1.165, 1.54) is 0 Å². The highest BCUT2D eigenvalue weighted by Crippen LogP contribution is 2.40. The monoisotopic (exact) mass is 412 g/mol.